The zero-order valence-electron chi connectivity index (χ0n) is 33.8. The fraction of sp³-hybridized carbons (Fsp3) is 0.651. The zero-order valence-corrected chi connectivity index (χ0v) is 34.7. The molecule has 0 aromatic rings. The minimum absolute atomic E-state index is 0.0246. The molecular weight excluding hydrogens is 687 g/mol. The van der Waals surface area contributed by atoms with Crippen molar-refractivity contribution >= 4 is 13.7 Å². The molecule has 0 saturated carbocycles. The van der Waals surface area contributed by atoms with Crippen LogP contribution in [0.2, 0.25) is 0 Å². The summed E-state index contributed by atoms with van der Waals surface area (Å²) in [5, 5.41) is 23.9. The van der Waals surface area contributed by atoms with Gasteiger partial charge in [-0.05, 0) is 51.4 Å². The Bertz CT molecular complexity index is 1150. The molecule has 0 aliphatic heterocycles. The van der Waals surface area contributed by atoms with Gasteiger partial charge in [0.2, 0.25) is 5.91 Å². The van der Waals surface area contributed by atoms with Crippen molar-refractivity contribution in [2.24, 2.45) is 0 Å². The van der Waals surface area contributed by atoms with E-state index in [9.17, 15) is 24.5 Å². The van der Waals surface area contributed by atoms with E-state index in [1.807, 2.05) is 57.6 Å². The molecule has 0 heterocycles. The Kier molecular flexibility index (Phi) is 32.6. The van der Waals surface area contributed by atoms with Crippen LogP contribution in [0.4, 0.5) is 0 Å². The zero-order chi connectivity index (χ0) is 39.5. The molecule has 1 amide bonds. The highest BCUT2D eigenvalue weighted by molar-refractivity contribution is 7.47. The van der Waals surface area contributed by atoms with Crippen LogP contribution in [0.3, 0.4) is 0 Å². The van der Waals surface area contributed by atoms with Crippen molar-refractivity contribution in [1.82, 2.24) is 5.32 Å². The van der Waals surface area contributed by atoms with Crippen LogP contribution in [0.15, 0.2) is 85.1 Å². The summed E-state index contributed by atoms with van der Waals surface area (Å²) < 4.78 is 23.4. The van der Waals surface area contributed by atoms with E-state index in [2.05, 4.69) is 55.6 Å². The van der Waals surface area contributed by atoms with Gasteiger partial charge in [-0.15, -0.1) is 0 Å². The number of quaternary nitrogens is 1. The number of carbonyl (C=O) groups excluding carboxylic acids is 1. The first-order chi connectivity index (χ1) is 25.4. The van der Waals surface area contributed by atoms with Gasteiger partial charge in [-0.1, -0.05) is 150 Å². The maximum atomic E-state index is 12.8. The van der Waals surface area contributed by atoms with E-state index in [1.54, 1.807) is 12.2 Å². The Morgan fingerprint density at radius 3 is 1.94 bits per heavy atom. The standard InChI is InChI=1S/C43H75N2O7P/c1-6-8-10-12-14-16-18-19-21-22-24-26-29-33-40(46)34-30-28-32-36-43(48)44-41(39-52-53(49,50)51-38-37-45(3,4)5)42(47)35-31-27-25-23-20-17-15-13-11-9-7-2/h8,10,14,16,19,21,24,26,28-31,33,35,40-42,46-47H,6-7,9,11-13,15,17-18,20,22-23,25,27,32,34,36-39H2,1-5H3,(H-,44,48,49,50)/p+1/b10-8-,16-14-,21-19-,26-24-,30-28-,33-29-,35-31+/t40?,41-,42+/m0/s1. The van der Waals surface area contributed by atoms with Crippen LogP contribution in [-0.2, 0) is 18.4 Å². The number of aliphatic hydroxyl groups excluding tert-OH is 2. The lowest BCUT2D eigenvalue weighted by molar-refractivity contribution is -0.870. The van der Waals surface area contributed by atoms with Crippen LogP contribution in [-0.4, -0.2) is 84.6 Å². The predicted octanol–water partition coefficient (Wildman–Crippen LogP) is 9.60. The van der Waals surface area contributed by atoms with Crippen LogP contribution >= 0.6 is 7.82 Å². The number of nitrogens with one attached hydrogen (secondary N) is 1. The molecule has 53 heavy (non-hydrogen) atoms. The maximum Gasteiger partial charge on any atom is 0.472 e. The smallest absolute Gasteiger partial charge is 0.389 e. The van der Waals surface area contributed by atoms with Crippen molar-refractivity contribution in [1.29, 1.82) is 0 Å². The van der Waals surface area contributed by atoms with Gasteiger partial charge in [0.1, 0.15) is 13.2 Å². The Hall–Kier alpha value is -2.36. The van der Waals surface area contributed by atoms with Crippen LogP contribution in [0.25, 0.3) is 0 Å². The number of nitrogens with zero attached hydrogens (tertiary/aromatic N) is 1. The minimum Gasteiger partial charge on any atom is -0.389 e. The van der Waals surface area contributed by atoms with Gasteiger partial charge >= 0.3 is 7.82 Å². The molecule has 0 saturated heterocycles. The summed E-state index contributed by atoms with van der Waals surface area (Å²) in [5.74, 6) is -0.326. The van der Waals surface area contributed by atoms with Crippen molar-refractivity contribution in [3.8, 4) is 0 Å². The van der Waals surface area contributed by atoms with Crippen LogP contribution in [0.5, 0.6) is 0 Å². The first-order valence-corrected chi connectivity index (χ1v) is 21.6. The third-order valence-corrected chi connectivity index (χ3v) is 9.20. The van der Waals surface area contributed by atoms with E-state index in [4.69, 9.17) is 9.05 Å². The molecule has 0 aliphatic rings. The SMILES string of the molecule is CC/C=C\C/C=C\C/C=C\C/C=C\C=C/C(O)C/C=C\CCC(=O)N[C@@H](COP(=O)(O)OCC[N+](C)(C)C)[C@H](O)/C=C/CCCCCCCCCCC. The molecule has 0 rings (SSSR count). The molecule has 2 unspecified atom stereocenters. The molecule has 0 radical (unpaired) electrons. The van der Waals surface area contributed by atoms with Crippen molar-refractivity contribution in [2.45, 2.75) is 141 Å². The number of hydrogen-bond acceptors (Lipinski definition) is 6. The molecule has 0 aromatic heterocycles. The van der Waals surface area contributed by atoms with Gasteiger partial charge in [-0.3, -0.25) is 13.8 Å². The largest absolute Gasteiger partial charge is 0.472 e. The molecule has 9 nitrogen and oxygen atoms in total. The van der Waals surface area contributed by atoms with E-state index in [0.29, 0.717) is 23.9 Å². The Morgan fingerprint density at radius 2 is 1.32 bits per heavy atom. The molecule has 0 spiro atoms. The molecular formula is C43H76N2O7P+. The molecule has 0 aliphatic carbocycles. The molecule has 304 valence electrons. The average Bonchev–Trinajstić information content (AvgIpc) is 3.10. The highest BCUT2D eigenvalue weighted by Gasteiger charge is 2.27. The number of allylic oxidation sites excluding steroid dienone is 11. The van der Waals surface area contributed by atoms with Gasteiger partial charge < -0.3 is 24.9 Å². The van der Waals surface area contributed by atoms with Gasteiger partial charge in [0.05, 0.1) is 46.0 Å². The van der Waals surface area contributed by atoms with Crippen LogP contribution in [0, 0.1) is 0 Å². The van der Waals surface area contributed by atoms with Gasteiger partial charge in [0.25, 0.3) is 0 Å². The van der Waals surface area contributed by atoms with E-state index in [0.717, 1.165) is 44.9 Å². The number of likely N-dealkylation sites (N-methyl/N-ethyl adjacent to an activating group) is 1. The van der Waals surface area contributed by atoms with E-state index >= 15 is 0 Å². The van der Waals surface area contributed by atoms with Crippen LogP contribution in [0.1, 0.15) is 123 Å². The normalized spacial score (nSPS) is 16.0. The Morgan fingerprint density at radius 1 is 0.717 bits per heavy atom. The third kappa shape index (κ3) is 36.4. The summed E-state index contributed by atoms with van der Waals surface area (Å²) in [6.07, 6.45) is 42.5. The second kappa shape index (κ2) is 34.2. The summed E-state index contributed by atoms with van der Waals surface area (Å²) >= 11 is 0. The van der Waals surface area contributed by atoms with Crippen molar-refractivity contribution in [3.05, 3.63) is 85.1 Å². The number of phosphoric ester groups is 1. The first-order valence-electron chi connectivity index (χ1n) is 20.1. The number of aliphatic hydroxyl groups is 2. The number of carbonyl (C=O) groups is 1. The van der Waals surface area contributed by atoms with Gasteiger partial charge in [0, 0.05) is 6.42 Å². The fourth-order valence-electron chi connectivity index (χ4n) is 4.97. The van der Waals surface area contributed by atoms with E-state index < -0.39 is 26.1 Å². The lowest BCUT2D eigenvalue weighted by atomic mass is 10.1. The fourth-order valence-corrected chi connectivity index (χ4v) is 5.70. The minimum atomic E-state index is -4.38. The second-order valence-corrected chi connectivity index (χ2v) is 15.9. The van der Waals surface area contributed by atoms with Crippen molar-refractivity contribution in [3.63, 3.8) is 0 Å². The van der Waals surface area contributed by atoms with Crippen molar-refractivity contribution < 1.29 is 38.0 Å². The third-order valence-electron chi connectivity index (χ3n) is 8.21. The van der Waals surface area contributed by atoms with Gasteiger partial charge in [0.15, 0.2) is 0 Å². The monoisotopic (exact) mass is 764 g/mol. The molecule has 0 aromatic carbocycles. The molecule has 0 fully saturated rings. The first kappa shape index (κ1) is 50.6. The lowest BCUT2D eigenvalue weighted by Crippen LogP contribution is -2.45. The predicted molar refractivity (Wildman–Crippen MR) is 222 cm³/mol. The summed E-state index contributed by atoms with van der Waals surface area (Å²) in [7, 11) is 1.44. The highest BCUT2D eigenvalue weighted by Crippen LogP contribution is 2.43. The highest BCUT2D eigenvalue weighted by atomic mass is 31.2. The second-order valence-electron chi connectivity index (χ2n) is 14.5. The molecule has 10 heteroatoms. The van der Waals surface area contributed by atoms with Crippen LogP contribution < -0.4 is 5.32 Å². The topological polar surface area (TPSA) is 125 Å². The van der Waals surface area contributed by atoms with Gasteiger partial charge in [-0.2, -0.15) is 0 Å². The summed E-state index contributed by atoms with van der Waals surface area (Å²) in [6.45, 7) is 4.50. The maximum absolute atomic E-state index is 12.8. The lowest BCUT2D eigenvalue weighted by Gasteiger charge is -2.25. The van der Waals surface area contributed by atoms with E-state index in [1.165, 1.54) is 44.9 Å². The van der Waals surface area contributed by atoms with E-state index in [-0.39, 0.29) is 25.5 Å². The number of rotatable bonds is 34. The molecule has 0 bridgehead atoms. The summed E-state index contributed by atoms with van der Waals surface area (Å²) in [5.41, 5.74) is 0. The number of unbranched alkanes of at least 4 members (excludes halogenated alkanes) is 9. The Labute approximate surface area is 323 Å². The number of hydrogen-bond donors (Lipinski definition) is 4. The summed E-state index contributed by atoms with van der Waals surface area (Å²) in [6, 6.07) is -0.932. The van der Waals surface area contributed by atoms with Gasteiger partial charge in [-0.25, -0.2) is 4.57 Å². The Balaban J connectivity index is 4.74. The van der Waals surface area contributed by atoms with Crippen molar-refractivity contribution in [2.75, 3.05) is 40.9 Å². The number of amides is 1. The summed E-state index contributed by atoms with van der Waals surface area (Å²) in [4.78, 5) is 23.0. The molecule has 4 N–H and O–H groups in total. The molecule has 4 atom stereocenters. The number of phosphoric acid groups is 1. The quantitative estimate of drug-likeness (QED) is 0.0169. The average molecular weight is 764 g/mol.